The van der Waals surface area contributed by atoms with Crippen molar-refractivity contribution < 1.29 is 13.9 Å². The number of amides is 1. The molecule has 0 saturated heterocycles. The lowest BCUT2D eigenvalue weighted by molar-refractivity contribution is -0.122. The van der Waals surface area contributed by atoms with E-state index in [-0.39, 0.29) is 17.5 Å². The Balaban J connectivity index is 1.59. The molecular formula is C15H15ClFNO2S2. The third-order valence-electron chi connectivity index (χ3n) is 2.67. The number of ether oxygens (including phenoxy) is 1. The van der Waals surface area contributed by atoms with Gasteiger partial charge in [0.05, 0.1) is 5.02 Å². The molecule has 1 heterocycles. The van der Waals surface area contributed by atoms with Gasteiger partial charge in [-0.2, -0.15) is 23.1 Å². The number of nitrogens with one attached hydrogen (secondary N) is 1. The highest BCUT2D eigenvalue weighted by molar-refractivity contribution is 7.98. The van der Waals surface area contributed by atoms with Crippen molar-refractivity contribution in [1.82, 2.24) is 5.32 Å². The molecule has 2 rings (SSSR count). The average Bonchev–Trinajstić information content (AvgIpc) is 2.99. The van der Waals surface area contributed by atoms with Crippen LogP contribution >= 0.6 is 34.7 Å². The minimum absolute atomic E-state index is 0.138. The normalized spacial score (nSPS) is 10.5. The SMILES string of the molecule is O=C(COc1ccc(F)cc1Cl)NCCSCc1ccsc1. The molecule has 0 aliphatic rings. The smallest absolute Gasteiger partial charge is 0.257 e. The zero-order chi connectivity index (χ0) is 15.8. The first-order valence-corrected chi connectivity index (χ1v) is 9.06. The molecule has 0 unspecified atom stereocenters. The molecule has 0 radical (unpaired) electrons. The van der Waals surface area contributed by atoms with Crippen LogP contribution in [0.25, 0.3) is 0 Å². The largest absolute Gasteiger partial charge is 0.482 e. The molecule has 1 amide bonds. The second-order valence-electron chi connectivity index (χ2n) is 4.40. The van der Waals surface area contributed by atoms with E-state index in [4.69, 9.17) is 16.3 Å². The molecule has 7 heteroatoms. The van der Waals surface area contributed by atoms with E-state index in [9.17, 15) is 9.18 Å². The molecule has 0 aliphatic heterocycles. The van der Waals surface area contributed by atoms with Gasteiger partial charge < -0.3 is 10.1 Å². The number of carbonyl (C=O) groups excluding carboxylic acids is 1. The fourth-order valence-corrected chi connectivity index (χ4v) is 3.42. The summed E-state index contributed by atoms with van der Waals surface area (Å²) < 4.78 is 18.1. The van der Waals surface area contributed by atoms with Gasteiger partial charge in [-0.3, -0.25) is 4.79 Å². The topological polar surface area (TPSA) is 38.3 Å². The van der Waals surface area contributed by atoms with E-state index in [0.717, 1.165) is 17.6 Å². The lowest BCUT2D eigenvalue weighted by atomic mass is 10.3. The first-order chi connectivity index (χ1) is 10.6. The number of hydrogen-bond acceptors (Lipinski definition) is 4. The first kappa shape index (κ1) is 17.1. The van der Waals surface area contributed by atoms with E-state index >= 15 is 0 Å². The quantitative estimate of drug-likeness (QED) is 0.725. The first-order valence-electron chi connectivity index (χ1n) is 6.58. The van der Waals surface area contributed by atoms with Gasteiger partial charge in [-0.25, -0.2) is 4.39 Å². The third kappa shape index (κ3) is 5.87. The molecule has 0 atom stereocenters. The summed E-state index contributed by atoms with van der Waals surface area (Å²) in [6.45, 7) is 0.439. The van der Waals surface area contributed by atoms with E-state index < -0.39 is 5.82 Å². The molecule has 1 aromatic heterocycles. The Labute approximate surface area is 141 Å². The molecule has 118 valence electrons. The highest BCUT2D eigenvalue weighted by atomic mass is 35.5. The van der Waals surface area contributed by atoms with Crippen molar-refractivity contribution in [2.75, 3.05) is 18.9 Å². The Hall–Kier alpha value is -1.24. The summed E-state index contributed by atoms with van der Waals surface area (Å²) in [6.07, 6.45) is 0. The minimum Gasteiger partial charge on any atom is -0.482 e. The standard InChI is InChI=1S/C15H15ClFNO2S2/c16-13-7-12(17)1-2-14(13)20-8-15(19)18-4-6-22-10-11-3-5-21-9-11/h1-3,5,7,9H,4,6,8,10H2,(H,18,19). The maximum atomic E-state index is 12.9. The summed E-state index contributed by atoms with van der Waals surface area (Å²) >= 11 is 9.25. The summed E-state index contributed by atoms with van der Waals surface area (Å²) in [7, 11) is 0. The summed E-state index contributed by atoms with van der Waals surface area (Å²) in [5.74, 6) is 1.41. The molecular weight excluding hydrogens is 345 g/mol. The number of rotatable bonds is 8. The number of thioether (sulfide) groups is 1. The Morgan fingerprint density at radius 1 is 1.41 bits per heavy atom. The van der Waals surface area contributed by atoms with Crippen LogP contribution in [0.3, 0.4) is 0 Å². The van der Waals surface area contributed by atoms with Gasteiger partial charge in [-0.05, 0) is 40.6 Å². The molecule has 0 saturated carbocycles. The summed E-state index contributed by atoms with van der Waals surface area (Å²) in [5.41, 5.74) is 1.30. The molecule has 0 fully saturated rings. The van der Waals surface area contributed by atoms with Gasteiger partial charge >= 0.3 is 0 Å². The zero-order valence-electron chi connectivity index (χ0n) is 11.7. The summed E-state index contributed by atoms with van der Waals surface area (Å²) in [6, 6.07) is 5.88. The Morgan fingerprint density at radius 2 is 2.27 bits per heavy atom. The molecule has 3 nitrogen and oxygen atoms in total. The number of benzene rings is 1. The summed E-state index contributed by atoms with van der Waals surface area (Å²) in [5, 5.41) is 7.08. The molecule has 0 aliphatic carbocycles. The maximum absolute atomic E-state index is 12.9. The molecule has 0 spiro atoms. The van der Waals surface area contributed by atoms with Crippen molar-refractivity contribution in [1.29, 1.82) is 0 Å². The number of hydrogen-bond donors (Lipinski definition) is 1. The maximum Gasteiger partial charge on any atom is 0.257 e. The highest BCUT2D eigenvalue weighted by Gasteiger charge is 2.06. The van der Waals surface area contributed by atoms with Crippen molar-refractivity contribution in [2.24, 2.45) is 0 Å². The van der Waals surface area contributed by atoms with Crippen LogP contribution in [0.1, 0.15) is 5.56 Å². The van der Waals surface area contributed by atoms with Gasteiger partial charge in [0.2, 0.25) is 0 Å². The van der Waals surface area contributed by atoms with E-state index in [2.05, 4.69) is 22.1 Å². The van der Waals surface area contributed by atoms with Crippen LogP contribution in [0.15, 0.2) is 35.0 Å². The predicted molar refractivity (Wildman–Crippen MR) is 90.4 cm³/mol. The fourth-order valence-electron chi connectivity index (χ4n) is 1.61. The van der Waals surface area contributed by atoms with Crippen LogP contribution in [0.4, 0.5) is 4.39 Å². The third-order valence-corrected chi connectivity index (χ3v) is 4.73. The van der Waals surface area contributed by atoms with Crippen molar-refractivity contribution in [2.45, 2.75) is 5.75 Å². The second kappa shape index (κ2) is 9.02. The zero-order valence-corrected chi connectivity index (χ0v) is 14.1. The lowest BCUT2D eigenvalue weighted by Gasteiger charge is -2.08. The van der Waals surface area contributed by atoms with Gasteiger partial charge in [0.1, 0.15) is 11.6 Å². The van der Waals surface area contributed by atoms with Crippen molar-refractivity contribution in [3.8, 4) is 5.75 Å². The van der Waals surface area contributed by atoms with E-state index in [1.807, 2.05) is 0 Å². The second-order valence-corrected chi connectivity index (χ2v) is 6.69. The van der Waals surface area contributed by atoms with E-state index in [1.165, 1.54) is 17.7 Å². The Kier molecular flexibility index (Phi) is 7.02. The van der Waals surface area contributed by atoms with Gasteiger partial charge in [-0.1, -0.05) is 11.6 Å². The van der Waals surface area contributed by atoms with Crippen molar-refractivity contribution in [3.05, 3.63) is 51.4 Å². The minimum atomic E-state index is -0.440. The fraction of sp³-hybridized carbons (Fsp3) is 0.267. The Bertz CT molecular complexity index is 608. The van der Waals surface area contributed by atoms with E-state index in [0.29, 0.717) is 12.3 Å². The van der Waals surface area contributed by atoms with Gasteiger partial charge in [0, 0.05) is 18.1 Å². The van der Waals surface area contributed by atoms with Crippen LogP contribution < -0.4 is 10.1 Å². The van der Waals surface area contributed by atoms with Crippen LogP contribution in [0.5, 0.6) is 5.75 Å². The molecule has 2 aromatic rings. The monoisotopic (exact) mass is 359 g/mol. The molecule has 1 aromatic carbocycles. The molecule has 22 heavy (non-hydrogen) atoms. The van der Waals surface area contributed by atoms with Gasteiger partial charge in [0.15, 0.2) is 6.61 Å². The highest BCUT2D eigenvalue weighted by Crippen LogP contribution is 2.24. The van der Waals surface area contributed by atoms with Crippen molar-refractivity contribution >= 4 is 40.6 Å². The average molecular weight is 360 g/mol. The predicted octanol–water partition coefficient (Wildman–Crippen LogP) is 3.97. The van der Waals surface area contributed by atoms with Gasteiger partial charge in [-0.15, -0.1) is 0 Å². The van der Waals surface area contributed by atoms with Crippen LogP contribution in [0.2, 0.25) is 5.02 Å². The number of halogens is 2. The number of carbonyl (C=O) groups is 1. The van der Waals surface area contributed by atoms with Crippen LogP contribution in [-0.4, -0.2) is 24.8 Å². The van der Waals surface area contributed by atoms with Crippen LogP contribution in [0, 0.1) is 5.82 Å². The van der Waals surface area contributed by atoms with E-state index in [1.54, 1.807) is 23.1 Å². The van der Waals surface area contributed by atoms with Crippen molar-refractivity contribution in [3.63, 3.8) is 0 Å². The number of thiophene rings is 1. The molecule has 1 N–H and O–H groups in total. The van der Waals surface area contributed by atoms with Crippen LogP contribution in [-0.2, 0) is 10.5 Å². The summed E-state index contributed by atoms with van der Waals surface area (Å²) in [4.78, 5) is 11.6. The Morgan fingerprint density at radius 3 is 3.00 bits per heavy atom. The van der Waals surface area contributed by atoms with Gasteiger partial charge in [0.25, 0.3) is 5.91 Å². The lowest BCUT2D eigenvalue weighted by Crippen LogP contribution is -2.30. The molecule has 0 bridgehead atoms.